The Labute approximate surface area is 198 Å². The molecule has 2 bridgehead atoms. The second-order valence-corrected chi connectivity index (χ2v) is 9.72. The smallest absolute Gasteiger partial charge is 0.270 e. The molecule has 3 aliphatic carbocycles. The highest BCUT2D eigenvalue weighted by molar-refractivity contribution is 6.30. The van der Waals surface area contributed by atoms with Gasteiger partial charge in [-0.1, -0.05) is 25.4 Å². The van der Waals surface area contributed by atoms with E-state index >= 15 is 0 Å². The first-order valence-corrected chi connectivity index (χ1v) is 11.8. The van der Waals surface area contributed by atoms with Crippen molar-refractivity contribution in [3.63, 3.8) is 0 Å². The highest BCUT2D eigenvalue weighted by Crippen LogP contribution is 2.50. The number of nitrogens with zero attached hydrogens (tertiary/aromatic N) is 1. The summed E-state index contributed by atoms with van der Waals surface area (Å²) in [6.45, 7) is 3.97. The average molecular weight is 474 g/mol. The lowest BCUT2D eigenvalue weighted by Gasteiger charge is -2.57. The van der Waals surface area contributed by atoms with Crippen LogP contribution in [0.5, 0.6) is 5.75 Å². The van der Waals surface area contributed by atoms with E-state index in [-0.39, 0.29) is 46.2 Å². The maximum atomic E-state index is 13.6. The second kappa shape index (κ2) is 9.29. The minimum absolute atomic E-state index is 0.00773. The number of hydrogen-bond donors (Lipinski definition) is 2. The molecule has 5 rings (SSSR count). The van der Waals surface area contributed by atoms with Gasteiger partial charge in [-0.3, -0.25) is 14.6 Å². The Morgan fingerprint density at radius 3 is 2.61 bits per heavy atom. The van der Waals surface area contributed by atoms with Crippen LogP contribution < -0.4 is 15.4 Å². The van der Waals surface area contributed by atoms with Gasteiger partial charge in [-0.05, 0) is 74.3 Å². The van der Waals surface area contributed by atoms with E-state index in [1.54, 1.807) is 6.20 Å². The van der Waals surface area contributed by atoms with Crippen LogP contribution in [-0.2, 0) is 11.2 Å². The molecule has 2 amide bonds. The lowest BCUT2D eigenvalue weighted by molar-refractivity contribution is -0.128. The van der Waals surface area contributed by atoms with Crippen LogP contribution in [0.4, 0.5) is 4.39 Å². The lowest BCUT2D eigenvalue weighted by atomic mass is 9.56. The zero-order valence-corrected chi connectivity index (χ0v) is 19.7. The number of halogens is 2. The third kappa shape index (κ3) is 4.98. The summed E-state index contributed by atoms with van der Waals surface area (Å²) in [6, 6.07) is 7.86. The average Bonchev–Trinajstić information content (AvgIpc) is 2.81. The van der Waals surface area contributed by atoms with Gasteiger partial charge in [0.2, 0.25) is 0 Å². The van der Waals surface area contributed by atoms with E-state index in [0.717, 1.165) is 44.1 Å². The summed E-state index contributed by atoms with van der Waals surface area (Å²) in [7, 11) is 0. The number of fused-ring (bicyclic) bond motifs is 3. The lowest BCUT2D eigenvalue weighted by Crippen LogP contribution is -2.67. The number of hydrogen-bond acceptors (Lipinski definition) is 4. The zero-order valence-electron chi connectivity index (χ0n) is 18.9. The molecule has 0 aliphatic heterocycles. The summed E-state index contributed by atoms with van der Waals surface area (Å²) < 4.78 is 19.0. The number of carbonyl (C=O) groups excluding carboxylic acids is 2. The molecule has 0 saturated heterocycles. The first kappa shape index (κ1) is 23.5. The summed E-state index contributed by atoms with van der Waals surface area (Å²) in [6.07, 6.45) is 6.45. The topological polar surface area (TPSA) is 80.3 Å². The highest BCUT2D eigenvalue weighted by Gasteiger charge is 2.54. The molecule has 2 aromatic rings. The molecule has 1 heterocycles. The van der Waals surface area contributed by atoms with Crippen molar-refractivity contribution in [2.75, 3.05) is 6.61 Å². The van der Waals surface area contributed by atoms with Crippen molar-refractivity contribution in [3.05, 3.63) is 58.6 Å². The molecule has 1 unspecified atom stereocenters. The molecule has 1 aromatic carbocycles. The van der Waals surface area contributed by atoms with Crippen LogP contribution in [0.2, 0.25) is 5.02 Å². The SMILES string of the molecule is CCc1ccnc(C(=O)NC23CCC(NC(=O)COc4ccc(Cl)c(F)c4)(CC2)C(C)C3)c1. The maximum Gasteiger partial charge on any atom is 0.270 e. The van der Waals surface area contributed by atoms with Gasteiger partial charge >= 0.3 is 0 Å². The summed E-state index contributed by atoms with van der Waals surface area (Å²) >= 11 is 5.68. The summed E-state index contributed by atoms with van der Waals surface area (Å²) in [5.41, 5.74) is 0.935. The Bertz CT molecular complexity index is 1050. The van der Waals surface area contributed by atoms with Crippen LogP contribution in [0, 0.1) is 11.7 Å². The van der Waals surface area contributed by atoms with Gasteiger partial charge in [0.15, 0.2) is 6.61 Å². The highest BCUT2D eigenvalue weighted by atomic mass is 35.5. The number of pyridine rings is 1. The predicted octanol–water partition coefficient (Wildman–Crippen LogP) is 4.45. The van der Waals surface area contributed by atoms with Crippen molar-refractivity contribution in [2.45, 2.75) is 63.5 Å². The zero-order chi connectivity index (χ0) is 23.6. The number of aryl methyl sites for hydroxylation is 1. The molecular weight excluding hydrogens is 445 g/mol. The number of amides is 2. The molecule has 3 aliphatic rings. The van der Waals surface area contributed by atoms with Gasteiger partial charge < -0.3 is 15.4 Å². The molecular formula is C25H29ClFN3O3. The van der Waals surface area contributed by atoms with Gasteiger partial charge in [0, 0.05) is 23.3 Å². The molecule has 176 valence electrons. The molecule has 2 N–H and O–H groups in total. The largest absolute Gasteiger partial charge is 0.484 e. The first-order valence-electron chi connectivity index (χ1n) is 11.4. The van der Waals surface area contributed by atoms with E-state index in [1.165, 1.54) is 18.2 Å². The summed E-state index contributed by atoms with van der Waals surface area (Å²) in [5, 5.41) is 6.44. The maximum absolute atomic E-state index is 13.6. The molecule has 3 fully saturated rings. The van der Waals surface area contributed by atoms with E-state index in [4.69, 9.17) is 16.3 Å². The number of nitrogens with one attached hydrogen (secondary N) is 2. The normalized spacial score (nSPS) is 26.0. The van der Waals surface area contributed by atoms with Crippen LogP contribution in [0.3, 0.4) is 0 Å². The summed E-state index contributed by atoms with van der Waals surface area (Å²) in [5.74, 6) is -0.522. The van der Waals surface area contributed by atoms with Crippen LogP contribution in [0.25, 0.3) is 0 Å². The number of rotatable bonds is 7. The quantitative estimate of drug-likeness (QED) is 0.622. The van der Waals surface area contributed by atoms with Gasteiger partial charge in [0.25, 0.3) is 11.8 Å². The predicted molar refractivity (Wildman–Crippen MR) is 124 cm³/mol. The van der Waals surface area contributed by atoms with Crippen molar-refractivity contribution in [1.29, 1.82) is 0 Å². The number of benzene rings is 1. The van der Waals surface area contributed by atoms with Crippen LogP contribution >= 0.6 is 11.6 Å². The van der Waals surface area contributed by atoms with Crippen LogP contribution in [0.15, 0.2) is 36.5 Å². The van der Waals surface area contributed by atoms with Crippen LogP contribution in [0.1, 0.15) is 62.0 Å². The Hall–Kier alpha value is -2.67. The van der Waals surface area contributed by atoms with E-state index in [9.17, 15) is 14.0 Å². The number of carbonyl (C=O) groups is 2. The fraction of sp³-hybridized carbons (Fsp3) is 0.480. The minimum atomic E-state index is -0.587. The third-order valence-electron chi connectivity index (χ3n) is 7.23. The molecule has 8 heteroatoms. The van der Waals surface area contributed by atoms with Gasteiger partial charge in [-0.15, -0.1) is 0 Å². The Balaban J connectivity index is 1.35. The van der Waals surface area contributed by atoms with Crippen molar-refractivity contribution in [1.82, 2.24) is 15.6 Å². The van der Waals surface area contributed by atoms with Crippen molar-refractivity contribution in [3.8, 4) is 5.75 Å². The molecule has 0 radical (unpaired) electrons. The molecule has 0 spiro atoms. The Morgan fingerprint density at radius 1 is 1.18 bits per heavy atom. The second-order valence-electron chi connectivity index (χ2n) is 9.31. The molecule has 1 aromatic heterocycles. The molecule has 3 saturated carbocycles. The number of ether oxygens (including phenoxy) is 1. The third-order valence-corrected chi connectivity index (χ3v) is 7.54. The fourth-order valence-corrected chi connectivity index (χ4v) is 5.35. The van der Waals surface area contributed by atoms with Crippen molar-refractivity contribution in [2.24, 2.45) is 5.92 Å². The fourth-order valence-electron chi connectivity index (χ4n) is 5.23. The standard InChI is InChI=1S/C25H29ClFN3O3/c1-3-17-6-11-28-21(12-17)23(32)30-24-7-9-25(10-8-24,16(2)14-24)29-22(31)15-33-18-4-5-19(26)20(27)13-18/h4-6,11-13,16H,3,7-10,14-15H2,1-2H3,(H,29,31)(H,30,32). The minimum Gasteiger partial charge on any atom is -0.484 e. The molecule has 1 atom stereocenters. The Morgan fingerprint density at radius 2 is 1.94 bits per heavy atom. The van der Waals surface area contributed by atoms with E-state index in [2.05, 4.69) is 22.5 Å². The van der Waals surface area contributed by atoms with Gasteiger partial charge in [0.05, 0.1) is 5.02 Å². The van der Waals surface area contributed by atoms with E-state index in [0.29, 0.717) is 5.69 Å². The monoisotopic (exact) mass is 473 g/mol. The number of aromatic nitrogens is 1. The molecule has 6 nitrogen and oxygen atoms in total. The van der Waals surface area contributed by atoms with Gasteiger partial charge in [0.1, 0.15) is 17.3 Å². The van der Waals surface area contributed by atoms with Crippen LogP contribution in [-0.4, -0.2) is 34.5 Å². The summed E-state index contributed by atoms with van der Waals surface area (Å²) in [4.78, 5) is 29.8. The molecule has 33 heavy (non-hydrogen) atoms. The van der Waals surface area contributed by atoms with Crippen molar-refractivity contribution < 1.29 is 18.7 Å². The van der Waals surface area contributed by atoms with Gasteiger partial charge in [-0.25, -0.2) is 4.39 Å². The van der Waals surface area contributed by atoms with E-state index in [1.807, 2.05) is 19.1 Å². The van der Waals surface area contributed by atoms with E-state index < -0.39 is 5.82 Å². The first-order chi connectivity index (χ1) is 15.7. The Kier molecular flexibility index (Phi) is 6.61. The van der Waals surface area contributed by atoms with Gasteiger partial charge in [-0.2, -0.15) is 0 Å². The van der Waals surface area contributed by atoms with Crippen molar-refractivity contribution >= 4 is 23.4 Å².